The molecule has 28 heavy (non-hydrogen) atoms. The fraction of sp³-hybridized carbons (Fsp3) is 0.571. The average molecular weight is 387 g/mol. The molecule has 7 heteroatoms. The van der Waals surface area contributed by atoms with Gasteiger partial charge in [0.2, 0.25) is 0 Å². The van der Waals surface area contributed by atoms with Crippen LogP contribution in [0.5, 0.6) is 0 Å². The smallest absolute Gasteiger partial charge is 0.410 e. The summed E-state index contributed by atoms with van der Waals surface area (Å²) >= 11 is 0. The van der Waals surface area contributed by atoms with Crippen molar-refractivity contribution in [3.63, 3.8) is 0 Å². The third-order valence-corrected chi connectivity index (χ3v) is 5.12. The Morgan fingerprint density at radius 1 is 1.21 bits per heavy atom. The molecular weight excluding hydrogens is 358 g/mol. The zero-order valence-electron chi connectivity index (χ0n) is 17.3. The van der Waals surface area contributed by atoms with E-state index in [0.29, 0.717) is 24.6 Å². The number of carbonyl (C=O) groups is 2. The number of amides is 1. The van der Waals surface area contributed by atoms with E-state index in [2.05, 4.69) is 5.10 Å². The monoisotopic (exact) mass is 387 g/mol. The summed E-state index contributed by atoms with van der Waals surface area (Å²) in [6, 6.07) is 3.62. The molecule has 0 bridgehead atoms. The standard InChI is InChI=1S/C21H29N3O4/c1-14-16(19(25)27-5)6-7-18-17(14)13-24(22-18)12-15-8-10-23(11-9-15)20(26)28-21(2,3)4/h6-7,13,15H,8-12H2,1-5H3. The molecule has 0 spiro atoms. The number of fused-ring (bicyclic) bond motifs is 1. The maximum atomic E-state index is 12.2. The summed E-state index contributed by atoms with van der Waals surface area (Å²) in [5.41, 5.74) is 1.86. The van der Waals surface area contributed by atoms with Crippen molar-refractivity contribution < 1.29 is 19.1 Å². The van der Waals surface area contributed by atoms with Gasteiger partial charge in [-0.15, -0.1) is 0 Å². The molecule has 1 aliphatic heterocycles. The van der Waals surface area contributed by atoms with E-state index in [0.717, 1.165) is 35.9 Å². The zero-order chi connectivity index (χ0) is 20.5. The van der Waals surface area contributed by atoms with Gasteiger partial charge in [0, 0.05) is 31.2 Å². The maximum Gasteiger partial charge on any atom is 0.410 e. The Kier molecular flexibility index (Phi) is 5.63. The molecule has 0 N–H and O–H groups in total. The Labute approximate surface area is 165 Å². The number of aromatic nitrogens is 2. The normalized spacial score (nSPS) is 15.7. The number of likely N-dealkylation sites (tertiary alicyclic amines) is 1. The number of hydrogen-bond acceptors (Lipinski definition) is 5. The molecule has 0 radical (unpaired) electrons. The molecule has 2 heterocycles. The second-order valence-corrected chi connectivity index (χ2v) is 8.42. The van der Waals surface area contributed by atoms with Gasteiger partial charge in [0.25, 0.3) is 0 Å². The Balaban J connectivity index is 1.64. The lowest BCUT2D eigenvalue weighted by molar-refractivity contribution is 0.0177. The van der Waals surface area contributed by atoms with E-state index in [1.54, 1.807) is 11.0 Å². The molecule has 0 unspecified atom stereocenters. The fourth-order valence-corrected chi connectivity index (χ4v) is 3.59. The SMILES string of the molecule is COC(=O)c1ccc2nn(CC3CCN(C(=O)OC(C)(C)C)CC3)cc2c1C. The Hall–Kier alpha value is -2.57. The van der Waals surface area contributed by atoms with Crippen molar-refractivity contribution in [3.05, 3.63) is 29.5 Å². The van der Waals surface area contributed by atoms with Gasteiger partial charge in [-0.1, -0.05) is 0 Å². The van der Waals surface area contributed by atoms with Crippen LogP contribution in [0.3, 0.4) is 0 Å². The molecule has 0 saturated carbocycles. The van der Waals surface area contributed by atoms with Gasteiger partial charge in [0.05, 0.1) is 18.2 Å². The Bertz CT molecular complexity index is 874. The van der Waals surface area contributed by atoms with E-state index in [1.165, 1.54) is 7.11 Å². The average Bonchev–Trinajstić information content (AvgIpc) is 3.04. The van der Waals surface area contributed by atoms with Crippen LogP contribution in [-0.4, -0.2) is 52.5 Å². The third kappa shape index (κ3) is 4.46. The van der Waals surface area contributed by atoms with E-state index < -0.39 is 5.60 Å². The van der Waals surface area contributed by atoms with Crippen LogP contribution < -0.4 is 0 Å². The topological polar surface area (TPSA) is 73.7 Å². The molecule has 0 aliphatic carbocycles. The molecule has 7 nitrogen and oxygen atoms in total. The highest BCUT2D eigenvalue weighted by molar-refractivity contribution is 5.97. The number of esters is 1. The van der Waals surface area contributed by atoms with Crippen molar-refractivity contribution in [3.8, 4) is 0 Å². The number of ether oxygens (including phenoxy) is 2. The first-order chi connectivity index (χ1) is 13.2. The first-order valence-corrected chi connectivity index (χ1v) is 9.71. The molecule has 1 fully saturated rings. The van der Waals surface area contributed by atoms with Gasteiger partial charge in [-0.2, -0.15) is 5.10 Å². The lowest BCUT2D eigenvalue weighted by Crippen LogP contribution is -2.42. The van der Waals surface area contributed by atoms with Crippen LogP contribution in [0, 0.1) is 12.8 Å². The molecule has 152 valence electrons. The van der Waals surface area contributed by atoms with Crippen LogP contribution in [-0.2, 0) is 16.0 Å². The van der Waals surface area contributed by atoms with Crippen molar-refractivity contribution >= 4 is 23.0 Å². The minimum atomic E-state index is -0.468. The van der Waals surface area contributed by atoms with Gasteiger partial charge in [0.15, 0.2) is 0 Å². The summed E-state index contributed by atoms with van der Waals surface area (Å²) in [7, 11) is 1.39. The molecule has 1 aromatic carbocycles. The number of piperidine rings is 1. The number of benzene rings is 1. The number of rotatable bonds is 3. The van der Waals surface area contributed by atoms with Crippen molar-refractivity contribution in [1.29, 1.82) is 0 Å². The van der Waals surface area contributed by atoms with Gasteiger partial charge in [0.1, 0.15) is 5.60 Å². The number of nitrogens with zero attached hydrogens (tertiary/aromatic N) is 3. The summed E-state index contributed by atoms with van der Waals surface area (Å²) in [5, 5.41) is 5.62. The summed E-state index contributed by atoms with van der Waals surface area (Å²) in [5.74, 6) is 0.120. The summed E-state index contributed by atoms with van der Waals surface area (Å²) in [6.07, 6.45) is 3.60. The van der Waals surface area contributed by atoms with Gasteiger partial charge >= 0.3 is 12.1 Å². The molecular formula is C21H29N3O4. The third-order valence-electron chi connectivity index (χ3n) is 5.12. The largest absolute Gasteiger partial charge is 0.465 e. The highest BCUT2D eigenvalue weighted by atomic mass is 16.6. The van der Waals surface area contributed by atoms with Crippen LogP contribution >= 0.6 is 0 Å². The first kappa shape index (κ1) is 20.2. The molecule has 3 rings (SSSR count). The van der Waals surface area contributed by atoms with Crippen LogP contribution in [0.15, 0.2) is 18.3 Å². The van der Waals surface area contributed by atoms with E-state index in [1.807, 2.05) is 44.6 Å². The highest BCUT2D eigenvalue weighted by Gasteiger charge is 2.27. The molecule has 1 aromatic heterocycles. The van der Waals surface area contributed by atoms with E-state index in [9.17, 15) is 9.59 Å². The summed E-state index contributed by atoms with van der Waals surface area (Å²) in [4.78, 5) is 25.9. The van der Waals surface area contributed by atoms with Crippen LogP contribution in [0.1, 0.15) is 49.5 Å². The predicted octanol–water partition coefficient (Wildman–Crippen LogP) is 3.78. The zero-order valence-corrected chi connectivity index (χ0v) is 17.3. The molecule has 1 aliphatic rings. The number of aryl methyl sites for hydroxylation is 1. The van der Waals surface area contributed by atoms with E-state index in [4.69, 9.17) is 9.47 Å². The molecule has 2 aromatic rings. The van der Waals surface area contributed by atoms with Crippen molar-refractivity contribution in [2.75, 3.05) is 20.2 Å². The van der Waals surface area contributed by atoms with Crippen molar-refractivity contribution in [2.45, 2.75) is 52.7 Å². The number of methoxy groups -OCH3 is 1. The van der Waals surface area contributed by atoms with Gasteiger partial charge in [-0.25, -0.2) is 9.59 Å². The lowest BCUT2D eigenvalue weighted by Gasteiger charge is -2.33. The van der Waals surface area contributed by atoms with E-state index in [-0.39, 0.29) is 12.1 Å². The van der Waals surface area contributed by atoms with Crippen LogP contribution in [0.25, 0.3) is 10.9 Å². The summed E-state index contributed by atoms with van der Waals surface area (Å²) in [6.45, 7) is 9.76. The summed E-state index contributed by atoms with van der Waals surface area (Å²) < 4.78 is 12.3. The molecule has 1 amide bonds. The van der Waals surface area contributed by atoms with Crippen LogP contribution in [0.4, 0.5) is 4.79 Å². The molecule has 0 atom stereocenters. The highest BCUT2D eigenvalue weighted by Crippen LogP contribution is 2.25. The number of hydrogen-bond donors (Lipinski definition) is 0. The number of carbonyl (C=O) groups excluding carboxylic acids is 2. The minimum Gasteiger partial charge on any atom is -0.465 e. The van der Waals surface area contributed by atoms with Crippen LogP contribution in [0.2, 0.25) is 0 Å². The first-order valence-electron chi connectivity index (χ1n) is 9.71. The second-order valence-electron chi connectivity index (χ2n) is 8.42. The lowest BCUT2D eigenvalue weighted by atomic mass is 9.97. The van der Waals surface area contributed by atoms with Gasteiger partial charge in [-0.05, 0) is 64.2 Å². The quantitative estimate of drug-likeness (QED) is 0.750. The van der Waals surface area contributed by atoms with Gasteiger partial charge in [-0.3, -0.25) is 4.68 Å². The van der Waals surface area contributed by atoms with E-state index >= 15 is 0 Å². The Morgan fingerprint density at radius 2 is 1.89 bits per heavy atom. The second kappa shape index (κ2) is 7.81. The maximum absolute atomic E-state index is 12.2. The Morgan fingerprint density at radius 3 is 2.50 bits per heavy atom. The fourth-order valence-electron chi connectivity index (χ4n) is 3.59. The molecule has 1 saturated heterocycles. The predicted molar refractivity (Wildman–Crippen MR) is 106 cm³/mol. The van der Waals surface area contributed by atoms with Gasteiger partial charge < -0.3 is 14.4 Å². The van der Waals surface area contributed by atoms with Crippen molar-refractivity contribution in [2.24, 2.45) is 5.92 Å². The minimum absolute atomic E-state index is 0.234. The van der Waals surface area contributed by atoms with Crippen molar-refractivity contribution in [1.82, 2.24) is 14.7 Å².